The Hall–Kier alpha value is -2.08. The number of aromatic nitrogens is 2. The predicted octanol–water partition coefficient (Wildman–Crippen LogP) is 2.30. The van der Waals surface area contributed by atoms with Crippen molar-refractivity contribution >= 4 is 23.3 Å². The zero-order valence-electron chi connectivity index (χ0n) is 12.5. The molecule has 0 atom stereocenters. The highest BCUT2D eigenvalue weighted by Gasteiger charge is 2.27. The number of hydrogen-bond donors (Lipinski definition) is 0. The number of nitrogens with zero attached hydrogens (tertiary/aromatic N) is 4. The van der Waals surface area contributed by atoms with Crippen LogP contribution in [0.1, 0.15) is 21.8 Å². The molecule has 0 saturated carbocycles. The Morgan fingerprint density at radius 2 is 1.95 bits per heavy atom. The number of amides is 1. The molecule has 0 aliphatic carbocycles. The maximum Gasteiger partial charge on any atom is 0.259 e. The van der Waals surface area contributed by atoms with Crippen LogP contribution in [0.25, 0.3) is 0 Å². The maximum absolute atomic E-state index is 12.6. The molecule has 2 aromatic rings. The molecule has 7 heteroatoms. The van der Waals surface area contributed by atoms with Gasteiger partial charge in [0.15, 0.2) is 0 Å². The van der Waals surface area contributed by atoms with Gasteiger partial charge >= 0.3 is 0 Å². The number of piperazine rings is 1. The molecule has 22 heavy (non-hydrogen) atoms. The zero-order chi connectivity index (χ0) is 15.7. The molecule has 2 aromatic heterocycles. The van der Waals surface area contributed by atoms with E-state index >= 15 is 0 Å². The van der Waals surface area contributed by atoms with Crippen LogP contribution in [0.3, 0.4) is 0 Å². The van der Waals surface area contributed by atoms with Crippen LogP contribution in [0.5, 0.6) is 0 Å². The van der Waals surface area contributed by atoms with Crippen molar-refractivity contribution in [1.82, 2.24) is 15.0 Å². The monoisotopic (exact) mass is 320 g/mol. The van der Waals surface area contributed by atoms with E-state index in [-0.39, 0.29) is 5.91 Å². The first-order valence-corrected chi connectivity index (χ1v) is 7.52. The van der Waals surface area contributed by atoms with Crippen LogP contribution < -0.4 is 4.90 Å². The molecule has 0 spiro atoms. The summed E-state index contributed by atoms with van der Waals surface area (Å²) < 4.78 is 5.08. The fraction of sp³-hybridized carbons (Fsp3) is 0.400. The largest absolute Gasteiger partial charge is 0.361 e. The van der Waals surface area contributed by atoms with E-state index < -0.39 is 0 Å². The van der Waals surface area contributed by atoms with Gasteiger partial charge in [0.25, 0.3) is 5.91 Å². The average Bonchev–Trinajstić information content (AvgIpc) is 2.86. The van der Waals surface area contributed by atoms with Crippen molar-refractivity contribution in [3.63, 3.8) is 0 Å². The van der Waals surface area contributed by atoms with Crippen LogP contribution in [0.15, 0.2) is 22.9 Å². The second kappa shape index (κ2) is 5.96. The van der Waals surface area contributed by atoms with E-state index in [1.807, 2.05) is 17.0 Å². The molecule has 0 aromatic carbocycles. The van der Waals surface area contributed by atoms with Gasteiger partial charge in [0.05, 0.1) is 10.7 Å². The lowest BCUT2D eigenvalue weighted by atomic mass is 10.1. The first-order valence-electron chi connectivity index (χ1n) is 7.15. The van der Waals surface area contributed by atoms with Crippen molar-refractivity contribution in [2.45, 2.75) is 13.8 Å². The first-order chi connectivity index (χ1) is 10.6. The number of rotatable bonds is 2. The van der Waals surface area contributed by atoms with Gasteiger partial charge in [0, 0.05) is 32.4 Å². The van der Waals surface area contributed by atoms with Crippen molar-refractivity contribution in [2.24, 2.45) is 0 Å². The highest BCUT2D eigenvalue weighted by Crippen LogP contribution is 2.19. The molecule has 116 valence electrons. The topological polar surface area (TPSA) is 62.5 Å². The third-order valence-corrected chi connectivity index (χ3v) is 4.07. The van der Waals surface area contributed by atoms with E-state index in [1.165, 1.54) is 0 Å². The summed E-state index contributed by atoms with van der Waals surface area (Å²) in [6.07, 6.45) is 1.64. The summed E-state index contributed by atoms with van der Waals surface area (Å²) in [4.78, 5) is 20.9. The molecule has 6 nitrogen and oxygen atoms in total. The van der Waals surface area contributed by atoms with Gasteiger partial charge in [-0.15, -0.1) is 0 Å². The molecular weight excluding hydrogens is 304 g/mol. The molecule has 0 radical (unpaired) electrons. The third-order valence-electron chi connectivity index (χ3n) is 3.85. The SMILES string of the molecule is Cc1noc(C)c1C(=O)N1CCN(c2ccc(Cl)cn2)CC1. The summed E-state index contributed by atoms with van der Waals surface area (Å²) in [5.41, 5.74) is 1.22. The second-order valence-corrected chi connectivity index (χ2v) is 5.75. The van der Waals surface area contributed by atoms with Crippen molar-refractivity contribution in [3.05, 3.63) is 40.4 Å². The number of carbonyl (C=O) groups excluding carboxylic acids is 1. The summed E-state index contributed by atoms with van der Waals surface area (Å²) in [6.45, 7) is 6.33. The van der Waals surface area contributed by atoms with Crippen LogP contribution in [-0.2, 0) is 0 Å². The molecule has 1 saturated heterocycles. The fourth-order valence-electron chi connectivity index (χ4n) is 2.64. The van der Waals surface area contributed by atoms with Gasteiger partial charge in [0.2, 0.25) is 0 Å². The second-order valence-electron chi connectivity index (χ2n) is 5.31. The smallest absolute Gasteiger partial charge is 0.259 e. The van der Waals surface area contributed by atoms with Crippen molar-refractivity contribution < 1.29 is 9.32 Å². The Bertz CT molecular complexity index is 656. The zero-order valence-corrected chi connectivity index (χ0v) is 13.3. The van der Waals surface area contributed by atoms with Crippen LogP contribution in [0.2, 0.25) is 5.02 Å². The number of hydrogen-bond acceptors (Lipinski definition) is 5. The lowest BCUT2D eigenvalue weighted by Gasteiger charge is -2.35. The predicted molar refractivity (Wildman–Crippen MR) is 83.3 cm³/mol. The highest BCUT2D eigenvalue weighted by atomic mass is 35.5. The van der Waals surface area contributed by atoms with E-state index in [9.17, 15) is 4.79 Å². The first kappa shape index (κ1) is 14.8. The third kappa shape index (κ3) is 2.78. The summed E-state index contributed by atoms with van der Waals surface area (Å²) in [5.74, 6) is 1.44. The minimum atomic E-state index is -0.0139. The molecule has 0 unspecified atom stereocenters. The quantitative estimate of drug-likeness (QED) is 0.849. The van der Waals surface area contributed by atoms with Crippen LogP contribution in [-0.4, -0.2) is 47.1 Å². The normalized spacial score (nSPS) is 15.2. The Morgan fingerprint density at radius 3 is 2.50 bits per heavy atom. The molecule has 0 bridgehead atoms. The van der Waals surface area contributed by atoms with E-state index in [1.54, 1.807) is 20.0 Å². The Labute approximate surface area is 133 Å². The van der Waals surface area contributed by atoms with Crippen molar-refractivity contribution in [1.29, 1.82) is 0 Å². The summed E-state index contributed by atoms with van der Waals surface area (Å²) in [5, 5.41) is 4.47. The van der Waals surface area contributed by atoms with Gasteiger partial charge in [-0.2, -0.15) is 0 Å². The Morgan fingerprint density at radius 1 is 1.23 bits per heavy atom. The molecule has 3 rings (SSSR count). The Kier molecular flexibility index (Phi) is 4.02. The molecule has 1 fully saturated rings. The van der Waals surface area contributed by atoms with Gasteiger partial charge in [-0.1, -0.05) is 16.8 Å². The molecular formula is C15H17ClN4O2. The van der Waals surface area contributed by atoms with Gasteiger partial charge in [-0.05, 0) is 26.0 Å². The van der Waals surface area contributed by atoms with Crippen molar-refractivity contribution in [2.75, 3.05) is 31.1 Å². The molecule has 1 aliphatic heterocycles. The number of halogens is 1. The Balaban J connectivity index is 1.67. The molecule has 1 amide bonds. The van der Waals surface area contributed by atoms with Crippen LogP contribution >= 0.6 is 11.6 Å². The van der Waals surface area contributed by atoms with Crippen LogP contribution in [0, 0.1) is 13.8 Å². The summed E-state index contributed by atoms with van der Waals surface area (Å²) in [6, 6.07) is 3.72. The van der Waals surface area contributed by atoms with Gasteiger partial charge in [-0.3, -0.25) is 4.79 Å². The number of aryl methyl sites for hydroxylation is 2. The number of pyridine rings is 1. The highest BCUT2D eigenvalue weighted by molar-refractivity contribution is 6.30. The number of anilines is 1. The van der Waals surface area contributed by atoms with Gasteiger partial charge < -0.3 is 14.3 Å². The lowest BCUT2D eigenvalue weighted by Crippen LogP contribution is -2.49. The maximum atomic E-state index is 12.6. The fourth-order valence-corrected chi connectivity index (χ4v) is 2.75. The average molecular weight is 321 g/mol. The van der Waals surface area contributed by atoms with E-state index in [4.69, 9.17) is 16.1 Å². The number of carbonyl (C=O) groups is 1. The lowest BCUT2D eigenvalue weighted by molar-refractivity contribution is 0.0744. The van der Waals surface area contributed by atoms with Gasteiger partial charge in [0.1, 0.15) is 17.1 Å². The summed E-state index contributed by atoms with van der Waals surface area (Å²) >= 11 is 5.85. The minimum absolute atomic E-state index is 0.0139. The standard InChI is InChI=1S/C15H17ClN4O2/c1-10-14(11(2)22-18-10)15(21)20-7-5-19(6-8-20)13-4-3-12(16)9-17-13/h3-4,9H,5-8H2,1-2H3. The van der Waals surface area contributed by atoms with Gasteiger partial charge in [-0.25, -0.2) is 4.98 Å². The minimum Gasteiger partial charge on any atom is -0.361 e. The van der Waals surface area contributed by atoms with E-state index in [0.717, 1.165) is 18.9 Å². The van der Waals surface area contributed by atoms with E-state index in [2.05, 4.69) is 15.0 Å². The van der Waals surface area contributed by atoms with E-state index in [0.29, 0.717) is 35.1 Å². The van der Waals surface area contributed by atoms with Crippen molar-refractivity contribution in [3.8, 4) is 0 Å². The molecule has 3 heterocycles. The summed E-state index contributed by atoms with van der Waals surface area (Å²) in [7, 11) is 0. The van der Waals surface area contributed by atoms with Crippen LogP contribution in [0.4, 0.5) is 5.82 Å². The molecule has 0 N–H and O–H groups in total. The molecule has 1 aliphatic rings.